The van der Waals surface area contributed by atoms with Gasteiger partial charge in [-0.2, -0.15) is 0 Å². The van der Waals surface area contributed by atoms with Crippen molar-refractivity contribution in [2.24, 2.45) is 0 Å². The zero-order valence-electron chi connectivity index (χ0n) is 10.4. The summed E-state index contributed by atoms with van der Waals surface area (Å²) >= 11 is 0. The molecule has 0 aliphatic rings. The van der Waals surface area contributed by atoms with Gasteiger partial charge in [-0.3, -0.25) is 4.40 Å². The molecule has 0 aliphatic heterocycles. The van der Waals surface area contributed by atoms with Crippen LogP contribution in [0.5, 0.6) is 0 Å². The SMILES string of the molecule is C#Cc1cnc2ccc(-c3ccc(C(=O)O)cc3)cn12. The Morgan fingerprint density at radius 1 is 1.15 bits per heavy atom. The molecule has 3 aromatic rings. The third-order valence-corrected chi connectivity index (χ3v) is 3.12. The van der Waals surface area contributed by atoms with Crippen molar-refractivity contribution in [2.75, 3.05) is 0 Å². The highest BCUT2D eigenvalue weighted by Gasteiger charge is 2.05. The van der Waals surface area contributed by atoms with Crippen molar-refractivity contribution in [2.45, 2.75) is 0 Å². The van der Waals surface area contributed by atoms with E-state index in [1.54, 1.807) is 30.5 Å². The van der Waals surface area contributed by atoms with Gasteiger partial charge in [0.2, 0.25) is 0 Å². The van der Waals surface area contributed by atoms with Gasteiger partial charge in [0.25, 0.3) is 0 Å². The minimum absolute atomic E-state index is 0.266. The predicted octanol–water partition coefficient (Wildman–Crippen LogP) is 2.68. The lowest BCUT2D eigenvalue weighted by molar-refractivity contribution is 0.0697. The normalized spacial score (nSPS) is 10.3. The minimum Gasteiger partial charge on any atom is -0.478 e. The van der Waals surface area contributed by atoms with E-state index in [4.69, 9.17) is 11.5 Å². The number of carboxylic acid groups (broad SMARTS) is 1. The van der Waals surface area contributed by atoms with Gasteiger partial charge in [0.05, 0.1) is 11.8 Å². The zero-order chi connectivity index (χ0) is 14.1. The van der Waals surface area contributed by atoms with Crippen molar-refractivity contribution in [3.8, 4) is 23.5 Å². The fraction of sp³-hybridized carbons (Fsp3) is 0. The number of aromatic carboxylic acids is 1. The summed E-state index contributed by atoms with van der Waals surface area (Å²) in [7, 11) is 0. The number of carboxylic acids is 1. The van der Waals surface area contributed by atoms with Crippen LogP contribution in [0.25, 0.3) is 16.8 Å². The van der Waals surface area contributed by atoms with Gasteiger partial charge in [-0.15, -0.1) is 6.42 Å². The summed E-state index contributed by atoms with van der Waals surface area (Å²) in [5, 5.41) is 8.89. The van der Waals surface area contributed by atoms with E-state index >= 15 is 0 Å². The van der Waals surface area contributed by atoms with E-state index in [-0.39, 0.29) is 5.56 Å². The molecule has 0 aliphatic carbocycles. The maximum atomic E-state index is 10.8. The number of fused-ring (bicyclic) bond motifs is 1. The summed E-state index contributed by atoms with van der Waals surface area (Å²) in [6.07, 6.45) is 8.97. The van der Waals surface area contributed by atoms with Gasteiger partial charge < -0.3 is 5.11 Å². The van der Waals surface area contributed by atoms with Gasteiger partial charge in [0.1, 0.15) is 11.3 Å². The summed E-state index contributed by atoms with van der Waals surface area (Å²) in [6, 6.07) is 10.5. The topological polar surface area (TPSA) is 54.6 Å². The van der Waals surface area contributed by atoms with Crippen molar-refractivity contribution in [3.63, 3.8) is 0 Å². The molecule has 0 atom stereocenters. The van der Waals surface area contributed by atoms with Gasteiger partial charge in [0, 0.05) is 6.20 Å². The molecule has 0 saturated heterocycles. The van der Waals surface area contributed by atoms with Crippen molar-refractivity contribution in [1.82, 2.24) is 9.38 Å². The van der Waals surface area contributed by atoms with Gasteiger partial charge in [0.15, 0.2) is 0 Å². The fourth-order valence-electron chi connectivity index (χ4n) is 2.06. The minimum atomic E-state index is -0.934. The Bertz CT molecular complexity index is 839. The van der Waals surface area contributed by atoms with Gasteiger partial charge in [-0.25, -0.2) is 9.78 Å². The van der Waals surface area contributed by atoms with Crippen LogP contribution in [0, 0.1) is 12.3 Å². The Labute approximate surface area is 115 Å². The first-order valence-electron chi connectivity index (χ1n) is 5.96. The van der Waals surface area contributed by atoms with Crippen LogP contribution in [0.3, 0.4) is 0 Å². The van der Waals surface area contributed by atoms with Crippen LogP contribution in [0.2, 0.25) is 0 Å². The number of carbonyl (C=O) groups is 1. The largest absolute Gasteiger partial charge is 0.478 e. The fourth-order valence-corrected chi connectivity index (χ4v) is 2.06. The number of nitrogens with zero attached hydrogens (tertiary/aromatic N) is 2. The molecule has 2 heterocycles. The van der Waals surface area contributed by atoms with E-state index in [9.17, 15) is 4.79 Å². The molecule has 0 fully saturated rings. The average molecular weight is 262 g/mol. The third-order valence-electron chi connectivity index (χ3n) is 3.12. The molecule has 0 bridgehead atoms. The first-order valence-corrected chi connectivity index (χ1v) is 5.96. The number of benzene rings is 1. The second kappa shape index (κ2) is 4.56. The summed E-state index contributed by atoms with van der Waals surface area (Å²) < 4.78 is 1.83. The van der Waals surface area contributed by atoms with Crippen molar-refractivity contribution in [1.29, 1.82) is 0 Å². The van der Waals surface area contributed by atoms with Crippen LogP contribution >= 0.6 is 0 Å². The van der Waals surface area contributed by atoms with Crippen LogP contribution < -0.4 is 0 Å². The molecule has 0 spiro atoms. The smallest absolute Gasteiger partial charge is 0.335 e. The number of rotatable bonds is 2. The maximum absolute atomic E-state index is 10.8. The van der Waals surface area contributed by atoms with Crippen LogP contribution in [0.15, 0.2) is 48.8 Å². The second-order valence-corrected chi connectivity index (χ2v) is 4.32. The van der Waals surface area contributed by atoms with Crippen LogP contribution in [0.1, 0.15) is 16.1 Å². The van der Waals surface area contributed by atoms with Crippen LogP contribution in [-0.2, 0) is 0 Å². The van der Waals surface area contributed by atoms with Gasteiger partial charge in [-0.05, 0) is 35.4 Å². The van der Waals surface area contributed by atoms with Crippen LogP contribution in [-0.4, -0.2) is 20.5 Å². The lowest BCUT2D eigenvalue weighted by atomic mass is 10.1. The lowest BCUT2D eigenvalue weighted by Crippen LogP contribution is -1.95. The Morgan fingerprint density at radius 2 is 1.85 bits per heavy atom. The Morgan fingerprint density at radius 3 is 2.50 bits per heavy atom. The van der Waals surface area contributed by atoms with Gasteiger partial charge in [-0.1, -0.05) is 18.1 Å². The third kappa shape index (κ3) is 1.91. The molecule has 0 saturated carbocycles. The summed E-state index contributed by atoms with van der Waals surface area (Å²) in [6.45, 7) is 0. The standard InChI is InChI=1S/C16H10N2O2/c1-2-14-9-17-15-8-7-13(10-18(14)15)11-3-5-12(6-4-11)16(19)20/h1,3-10H,(H,19,20). The molecule has 4 nitrogen and oxygen atoms in total. The first kappa shape index (κ1) is 12.0. The van der Waals surface area contributed by atoms with Crippen molar-refractivity contribution in [3.05, 3.63) is 60.0 Å². The van der Waals surface area contributed by atoms with E-state index in [1.165, 1.54) is 0 Å². The highest BCUT2D eigenvalue weighted by atomic mass is 16.4. The number of imidazole rings is 1. The Balaban J connectivity index is 2.09. The molecule has 1 aromatic carbocycles. The van der Waals surface area contributed by atoms with E-state index in [2.05, 4.69) is 10.9 Å². The summed E-state index contributed by atoms with van der Waals surface area (Å²) in [5.74, 6) is 1.64. The quantitative estimate of drug-likeness (QED) is 0.722. The summed E-state index contributed by atoms with van der Waals surface area (Å²) in [4.78, 5) is 15.0. The lowest BCUT2D eigenvalue weighted by Gasteiger charge is -2.04. The monoisotopic (exact) mass is 262 g/mol. The zero-order valence-corrected chi connectivity index (χ0v) is 10.4. The molecule has 20 heavy (non-hydrogen) atoms. The molecule has 1 N–H and O–H groups in total. The highest BCUT2D eigenvalue weighted by Crippen LogP contribution is 2.21. The number of terminal acetylenes is 1. The molecular weight excluding hydrogens is 252 g/mol. The molecule has 0 amide bonds. The van der Waals surface area contributed by atoms with E-state index in [1.807, 2.05) is 22.7 Å². The highest BCUT2D eigenvalue weighted by molar-refractivity contribution is 5.88. The molecule has 0 radical (unpaired) electrons. The Kier molecular flexibility index (Phi) is 2.73. The van der Waals surface area contributed by atoms with E-state index in [0.717, 1.165) is 16.8 Å². The maximum Gasteiger partial charge on any atom is 0.335 e. The van der Waals surface area contributed by atoms with E-state index in [0.29, 0.717) is 5.69 Å². The first-order chi connectivity index (χ1) is 9.69. The molecule has 3 rings (SSSR count). The predicted molar refractivity (Wildman–Crippen MR) is 75.5 cm³/mol. The molecule has 4 heteroatoms. The molecule has 96 valence electrons. The average Bonchev–Trinajstić information content (AvgIpc) is 2.89. The number of hydrogen-bond acceptors (Lipinski definition) is 2. The number of pyridine rings is 1. The van der Waals surface area contributed by atoms with Crippen molar-refractivity contribution < 1.29 is 9.90 Å². The molecular formula is C16H10N2O2. The summed E-state index contributed by atoms with van der Waals surface area (Å²) in [5.41, 5.74) is 3.60. The van der Waals surface area contributed by atoms with E-state index < -0.39 is 5.97 Å². The molecule has 0 unspecified atom stereocenters. The van der Waals surface area contributed by atoms with Gasteiger partial charge >= 0.3 is 5.97 Å². The molecule has 2 aromatic heterocycles. The number of aromatic nitrogens is 2. The van der Waals surface area contributed by atoms with Crippen LogP contribution in [0.4, 0.5) is 0 Å². The second-order valence-electron chi connectivity index (χ2n) is 4.32. The Hall–Kier alpha value is -3.06. The number of hydrogen-bond donors (Lipinski definition) is 1. The van der Waals surface area contributed by atoms with Crippen molar-refractivity contribution >= 4 is 11.6 Å².